The Morgan fingerprint density at radius 3 is 2.75 bits per heavy atom. The first-order valence-corrected chi connectivity index (χ1v) is 8.38. The maximum absolute atomic E-state index is 5.50. The molecule has 0 bridgehead atoms. The van der Waals surface area contributed by atoms with E-state index in [1.165, 1.54) is 25.8 Å². The maximum Gasteiger partial charge on any atom is 0.0725 e. The summed E-state index contributed by atoms with van der Waals surface area (Å²) in [4.78, 5) is 0. The Morgan fingerprint density at radius 1 is 1.15 bits per heavy atom. The molecule has 1 heterocycles. The number of fused-ring (bicyclic) bond motifs is 1. The number of benzene rings is 2. The zero-order chi connectivity index (χ0) is 14.1. The van der Waals surface area contributed by atoms with Crippen molar-refractivity contribution >= 4 is 38.5 Å². The van der Waals surface area contributed by atoms with Gasteiger partial charge in [0.2, 0.25) is 0 Å². The fraction of sp³-hybridized carbons (Fsp3) is 0.250. The summed E-state index contributed by atoms with van der Waals surface area (Å²) in [5.74, 6) is 0. The molecular weight excluding hydrogens is 429 g/mol. The van der Waals surface area contributed by atoms with Gasteiger partial charge in [-0.3, -0.25) is 0 Å². The topological polar surface area (TPSA) is 21.3 Å². The average Bonchev–Trinajstić information content (AvgIpc) is 2.91. The smallest absolute Gasteiger partial charge is 0.0725 e. The van der Waals surface area contributed by atoms with Crippen LogP contribution >= 0.6 is 38.5 Å². The largest absolute Gasteiger partial charge is 0.372 e. The molecule has 20 heavy (non-hydrogen) atoms. The Morgan fingerprint density at radius 2 is 1.95 bits per heavy atom. The molecular formula is C16H15BrINO. The van der Waals surface area contributed by atoms with Crippen molar-refractivity contribution in [3.8, 4) is 0 Å². The van der Waals surface area contributed by atoms with Gasteiger partial charge in [-0.2, -0.15) is 0 Å². The Labute approximate surface area is 141 Å². The lowest BCUT2D eigenvalue weighted by molar-refractivity contribution is 0.134. The summed E-state index contributed by atoms with van der Waals surface area (Å²) in [6.45, 7) is 1.47. The van der Waals surface area contributed by atoms with Crippen molar-refractivity contribution in [3.05, 3.63) is 66.7 Å². The molecule has 0 spiro atoms. The van der Waals surface area contributed by atoms with Gasteiger partial charge in [-0.25, -0.2) is 0 Å². The van der Waals surface area contributed by atoms with E-state index in [2.05, 4.69) is 80.2 Å². The highest BCUT2D eigenvalue weighted by Crippen LogP contribution is 2.32. The van der Waals surface area contributed by atoms with Crippen molar-refractivity contribution in [3.63, 3.8) is 0 Å². The Bertz CT molecular complexity index is 644. The molecule has 1 aliphatic rings. The fourth-order valence-electron chi connectivity index (χ4n) is 2.61. The highest BCUT2D eigenvalue weighted by molar-refractivity contribution is 14.1. The Hall–Kier alpha value is -0.430. The molecule has 0 fully saturated rings. The summed E-state index contributed by atoms with van der Waals surface area (Å²) in [6, 6.07) is 13.3. The zero-order valence-electron chi connectivity index (χ0n) is 11.1. The summed E-state index contributed by atoms with van der Waals surface area (Å²) in [7, 11) is 2.00. The number of ether oxygens (including phenoxy) is 1. The van der Waals surface area contributed by atoms with Crippen LogP contribution in [0.4, 0.5) is 0 Å². The van der Waals surface area contributed by atoms with Gasteiger partial charge in [-0.15, -0.1) is 0 Å². The predicted molar refractivity (Wildman–Crippen MR) is 92.7 cm³/mol. The molecule has 0 aromatic heterocycles. The first-order chi connectivity index (χ1) is 9.69. The van der Waals surface area contributed by atoms with Crippen molar-refractivity contribution in [2.45, 2.75) is 19.3 Å². The predicted octanol–water partition coefficient (Wildman–Crippen LogP) is 4.39. The van der Waals surface area contributed by atoms with Gasteiger partial charge in [0, 0.05) is 8.04 Å². The van der Waals surface area contributed by atoms with E-state index >= 15 is 0 Å². The van der Waals surface area contributed by atoms with Gasteiger partial charge < -0.3 is 10.1 Å². The second-order valence-electron chi connectivity index (χ2n) is 4.91. The molecule has 0 saturated heterocycles. The summed E-state index contributed by atoms with van der Waals surface area (Å²) in [6.07, 6.45) is 0. The van der Waals surface area contributed by atoms with Crippen LogP contribution in [-0.2, 0) is 18.0 Å². The van der Waals surface area contributed by atoms with Gasteiger partial charge in [0.25, 0.3) is 0 Å². The van der Waals surface area contributed by atoms with Crippen LogP contribution in [0, 0.1) is 3.57 Å². The van der Waals surface area contributed by atoms with Crippen LogP contribution in [0.15, 0.2) is 40.9 Å². The van der Waals surface area contributed by atoms with Crippen molar-refractivity contribution in [2.24, 2.45) is 0 Å². The first kappa shape index (κ1) is 14.5. The van der Waals surface area contributed by atoms with E-state index in [9.17, 15) is 0 Å². The molecule has 1 unspecified atom stereocenters. The maximum atomic E-state index is 5.50. The van der Waals surface area contributed by atoms with Crippen LogP contribution < -0.4 is 5.32 Å². The van der Waals surface area contributed by atoms with E-state index in [0.29, 0.717) is 0 Å². The zero-order valence-corrected chi connectivity index (χ0v) is 14.9. The molecule has 2 aromatic carbocycles. The molecule has 104 valence electrons. The average molecular weight is 444 g/mol. The van der Waals surface area contributed by atoms with Gasteiger partial charge in [0.1, 0.15) is 0 Å². The van der Waals surface area contributed by atoms with Crippen LogP contribution in [0.3, 0.4) is 0 Å². The number of hydrogen-bond acceptors (Lipinski definition) is 2. The van der Waals surface area contributed by atoms with Crippen LogP contribution in [-0.4, -0.2) is 7.05 Å². The second-order valence-corrected chi connectivity index (χ2v) is 7.01. The van der Waals surface area contributed by atoms with Gasteiger partial charge in [0.05, 0.1) is 19.3 Å². The van der Waals surface area contributed by atoms with Crippen LogP contribution in [0.25, 0.3) is 0 Å². The van der Waals surface area contributed by atoms with E-state index in [4.69, 9.17) is 4.74 Å². The lowest BCUT2D eigenvalue weighted by Gasteiger charge is -2.20. The summed E-state index contributed by atoms with van der Waals surface area (Å²) in [5, 5.41) is 3.42. The van der Waals surface area contributed by atoms with Crippen LogP contribution in [0.1, 0.15) is 28.3 Å². The molecule has 0 saturated carbocycles. The quantitative estimate of drug-likeness (QED) is 0.710. The van der Waals surface area contributed by atoms with Crippen molar-refractivity contribution in [1.82, 2.24) is 5.32 Å². The normalized spacial score (nSPS) is 15.2. The standard InChI is InChI=1S/C16H15BrINO/c1-19-16(14-7-13(18)4-5-15(14)17)10-2-3-11-8-20-9-12(11)6-10/h2-7,16,19H,8-9H2,1H3. The number of hydrogen-bond donors (Lipinski definition) is 1. The molecule has 2 nitrogen and oxygen atoms in total. The number of halogens is 2. The minimum Gasteiger partial charge on any atom is -0.372 e. The Kier molecular flexibility index (Phi) is 4.45. The van der Waals surface area contributed by atoms with E-state index in [1.807, 2.05) is 7.05 Å². The molecule has 3 rings (SSSR count). The van der Waals surface area contributed by atoms with E-state index in [1.54, 1.807) is 0 Å². The van der Waals surface area contributed by atoms with E-state index in [0.717, 1.165) is 17.7 Å². The number of rotatable bonds is 3. The van der Waals surface area contributed by atoms with Crippen molar-refractivity contribution in [2.75, 3.05) is 7.05 Å². The van der Waals surface area contributed by atoms with Gasteiger partial charge in [-0.05, 0) is 70.1 Å². The van der Waals surface area contributed by atoms with Crippen LogP contribution in [0.2, 0.25) is 0 Å². The molecule has 1 aliphatic heterocycles. The summed E-state index contributed by atoms with van der Waals surface area (Å²) < 4.78 is 7.88. The van der Waals surface area contributed by atoms with E-state index < -0.39 is 0 Å². The van der Waals surface area contributed by atoms with Crippen molar-refractivity contribution in [1.29, 1.82) is 0 Å². The minimum atomic E-state index is 0.185. The van der Waals surface area contributed by atoms with Gasteiger partial charge in [-0.1, -0.05) is 34.1 Å². The summed E-state index contributed by atoms with van der Waals surface area (Å²) in [5.41, 5.74) is 5.16. The lowest BCUT2D eigenvalue weighted by Crippen LogP contribution is -2.18. The number of nitrogens with one attached hydrogen (secondary N) is 1. The minimum absolute atomic E-state index is 0.185. The fourth-order valence-corrected chi connectivity index (χ4v) is 3.60. The third kappa shape index (κ3) is 2.79. The molecule has 1 atom stereocenters. The third-order valence-corrected chi connectivity index (χ3v) is 5.03. The van der Waals surface area contributed by atoms with Crippen molar-refractivity contribution < 1.29 is 4.74 Å². The van der Waals surface area contributed by atoms with Gasteiger partial charge >= 0.3 is 0 Å². The molecule has 4 heteroatoms. The molecule has 0 radical (unpaired) electrons. The molecule has 0 aliphatic carbocycles. The van der Waals surface area contributed by atoms with Crippen LogP contribution in [0.5, 0.6) is 0 Å². The highest BCUT2D eigenvalue weighted by atomic mass is 127. The lowest BCUT2D eigenvalue weighted by atomic mass is 9.96. The third-order valence-electron chi connectivity index (χ3n) is 3.64. The van der Waals surface area contributed by atoms with Gasteiger partial charge in [0.15, 0.2) is 0 Å². The SMILES string of the molecule is CNC(c1ccc2c(c1)COC2)c1cc(I)ccc1Br. The summed E-state index contributed by atoms with van der Waals surface area (Å²) >= 11 is 6.02. The van der Waals surface area contributed by atoms with E-state index in [-0.39, 0.29) is 6.04 Å². The first-order valence-electron chi connectivity index (χ1n) is 6.50. The highest BCUT2D eigenvalue weighted by Gasteiger charge is 2.18. The molecule has 0 amide bonds. The monoisotopic (exact) mass is 443 g/mol. The Balaban J connectivity index is 2.03. The molecule has 2 aromatic rings. The second kappa shape index (κ2) is 6.13. The molecule has 1 N–H and O–H groups in total.